The number of benzene rings is 1. The van der Waals surface area contributed by atoms with Crippen molar-refractivity contribution in [3.05, 3.63) is 47.7 Å². The molecule has 0 aliphatic carbocycles. The molecule has 3 aromatic rings. The van der Waals surface area contributed by atoms with Gasteiger partial charge in [-0.25, -0.2) is 14.8 Å². The number of imidazole rings is 1. The molecule has 0 unspecified atom stereocenters. The summed E-state index contributed by atoms with van der Waals surface area (Å²) in [4.78, 5) is 22.7. The molecule has 1 aromatic carbocycles. The second-order valence-corrected chi connectivity index (χ2v) is 7.09. The van der Waals surface area contributed by atoms with Crippen LogP contribution in [-0.2, 0) is 6.54 Å². The SMILES string of the molecule is CCn1c(-c2ccc([C@@H](C)N3CCCC3)cc2)nc2cc(C(=O)O)cnc21. The van der Waals surface area contributed by atoms with E-state index in [9.17, 15) is 9.90 Å². The maximum absolute atomic E-state index is 11.2. The predicted molar refractivity (Wildman–Crippen MR) is 105 cm³/mol. The highest BCUT2D eigenvalue weighted by Gasteiger charge is 2.20. The summed E-state index contributed by atoms with van der Waals surface area (Å²) in [7, 11) is 0. The summed E-state index contributed by atoms with van der Waals surface area (Å²) < 4.78 is 2.03. The third-order valence-electron chi connectivity index (χ3n) is 5.49. The van der Waals surface area contributed by atoms with Gasteiger partial charge in [0, 0.05) is 24.3 Å². The van der Waals surface area contributed by atoms with Crippen LogP contribution in [0.2, 0.25) is 0 Å². The number of aromatic carboxylic acids is 1. The Balaban J connectivity index is 1.69. The van der Waals surface area contributed by atoms with Gasteiger partial charge in [0.1, 0.15) is 11.3 Å². The number of aryl methyl sites for hydroxylation is 1. The van der Waals surface area contributed by atoms with E-state index in [4.69, 9.17) is 0 Å². The van der Waals surface area contributed by atoms with Crippen LogP contribution in [0.15, 0.2) is 36.5 Å². The number of aromatic nitrogens is 3. The lowest BCUT2D eigenvalue weighted by molar-refractivity contribution is 0.0696. The number of carboxylic acids is 1. The number of pyridine rings is 1. The Kier molecular flexibility index (Phi) is 4.66. The minimum atomic E-state index is -0.989. The van der Waals surface area contributed by atoms with Crippen molar-refractivity contribution in [1.82, 2.24) is 19.4 Å². The first kappa shape index (κ1) is 17.7. The highest BCUT2D eigenvalue weighted by atomic mass is 16.4. The van der Waals surface area contributed by atoms with Crippen molar-refractivity contribution >= 4 is 17.1 Å². The first-order chi connectivity index (χ1) is 13.1. The summed E-state index contributed by atoms with van der Waals surface area (Å²) in [6, 6.07) is 10.6. The summed E-state index contributed by atoms with van der Waals surface area (Å²) in [5.41, 5.74) is 3.81. The Bertz CT molecular complexity index is 972. The Morgan fingerprint density at radius 1 is 1.22 bits per heavy atom. The van der Waals surface area contributed by atoms with Crippen LogP contribution in [0.1, 0.15) is 48.7 Å². The van der Waals surface area contributed by atoms with Gasteiger partial charge in [-0.15, -0.1) is 0 Å². The van der Waals surface area contributed by atoms with E-state index in [0.717, 1.165) is 17.9 Å². The molecule has 6 nitrogen and oxygen atoms in total. The van der Waals surface area contributed by atoms with Crippen LogP contribution >= 0.6 is 0 Å². The largest absolute Gasteiger partial charge is 0.478 e. The summed E-state index contributed by atoms with van der Waals surface area (Å²) in [6.45, 7) is 7.37. The van der Waals surface area contributed by atoms with Crippen molar-refractivity contribution in [2.45, 2.75) is 39.3 Å². The molecule has 27 heavy (non-hydrogen) atoms. The molecule has 6 heteroatoms. The molecule has 0 spiro atoms. The van der Waals surface area contributed by atoms with Gasteiger partial charge in [-0.3, -0.25) is 4.90 Å². The van der Waals surface area contributed by atoms with Crippen LogP contribution in [0, 0.1) is 0 Å². The maximum atomic E-state index is 11.2. The first-order valence-electron chi connectivity index (χ1n) is 9.52. The molecule has 4 rings (SSSR count). The average molecular weight is 364 g/mol. The summed E-state index contributed by atoms with van der Waals surface area (Å²) >= 11 is 0. The van der Waals surface area contributed by atoms with Crippen LogP contribution in [-0.4, -0.2) is 43.6 Å². The lowest BCUT2D eigenvalue weighted by Crippen LogP contribution is -2.23. The van der Waals surface area contributed by atoms with Crippen molar-refractivity contribution in [2.24, 2.45) is 0 Å². The first-order valence-corrected chi connectivity index (χ1v) is 9.52. The van der Waals surface area contributed by atoms with Crippen LogP contribution in [0.3, 0.4) is 0 Å². The Hall–Kier alpha value is -2.73. The van der Waals surface area contributed by atoms with Crippen LogP contribution in [0.4, 0.5) is 0 Å². The molecule has 1 aliphatic heterocycles. The number of carbonyl (C=O) groups is 1. The van der Waals surface area contributed by atoms with Gasteiger partial charge in [0.2, 0.25) is 0 Å². The zero-order valence-corrected chi connectivity index (χ0v) is 15.7. The highest BCUT2D eigenvalue weighted by Crippen LogP contribution is 2.28. The molecule has 2 aromatic heterocycles. The molecule has 1 saturated heterocycles. The Labute approximate surface area is 158 Å². The second-order valence-electron chi connectivity index (χ2n) is 7.09. The Morgan fingerprint density at radius 2 is 1.93 bits per heavy atom. The molecule has 1 aliphatic rings. The average Bonchev–Trinajstić information content (AvgIpc) is 3.34. The van der Waals surface area contributed by atoms with E-state index in [0.29, 0.717) is 17.2 Å². The topological polar surface area (TPSA) is 71.2 Å². The van der Waals surface area contributed by atoms with Gasteiger partial charge in [-0.05, 0) is 51.4 Å². The molecule has 0 amide bonds. The van der Waals surface area contributed by atoms with Gasteiger partial charge < -0.3 is 9.67 Å². The molecular formula is C21H24N4O2. The lowest BCUT2D eigenvalue weighted by Gasteiger charge is -2.24. The third kappa shape index (κ3) is 3.21. The molecule has 1 atom stereocenters. The van der Waals surface area contributed by atoms with Crippen LogP contribution in [0.5, 0.6) is 0 Å². The zero-order valence-electron chi connectivity index (χ0n) is 15.7. The van der Waals surface area contributed by atoms with Crippen molar-refractivity contribution in [1.29, 1.82) is 0 Å². The molecule has 1 N–H and O–H groups in total. The van der Waals surface area contributed by atoms with Crippen LogP contribution in [0.25, 0.3) is 22.6 Å². The third-order valence-corrected chi connectivity index (χ3v) is 5.49. The van der Waals surface area contributed by atoms with E-state index in [2.05, 4.69) is 46.1 Å². The normalized spacial score (nSPS) is 16.1. The number of fused-ring (bicyclic) bond motifs is 1. The van der Waals surface area contributed by atoms with Crippen molar-refractivity contribution in [2.75, 3.05) is 13.1 Å². The molecule has 1 fully saturated rings. The lowest BCUT2D eigenvalue weighted by atomic mass is 10.0. The molecule has 0 bridgehead atoms. The van der Waals surface area contributed by atoms with Crippen LogP contribution < -0.4 is 0 Å². The molecule has 140 valence electrons. The summed E-state index contributed by atoms with van der Waals surface area (Å²) in [5, 5.41) is 9.19. The van der Waals surface area contributed by atoms with E-state index in [-0.39, 0.29) is 5.56 Å². The molecule has 0 radical (unpaired) electrons. The number of hydrogen-bond donors (Lipinski definition) is 1. The second kappa shape index (κ2) is 7.12. The maximum Gasteiger partial charge on any atom is 0.337 e. The van der Waals surface area contributed by atoms with Gasteiger partial charge in [0.05, 0.1) is 5.56 Å². The van der Waals surface area contributed by atoms with E-state index in [1.807, 2.05) is 11.5 Å². The minimum Gasteiger partial charge on any atom is -0.478 e. The summed E-state index contributed by atoms with van der Waals surface area (Å²) in [6.07, 6.45) is 3.96. The molecule has 3 heterocycles. The number of carboxylic acid groups (broad SMARTS) is 1. The fourth-order valence-electron chi connectivity index (χ4n) is 3.90. The Morgan fingerprint density at radius 3 is 2.56 bits per heavy atom. The zero-order chi connectivity index (χ0) is 19.0. The van der Waals surface area contributed by atoms with Crippen molar-refractivity contribution in [3.8, 4) is 11.4 Å². The fraction of sp³-hybridized carbons (Fsp3) is 0.381. The number of nitrogens with zero attached hydrogens (tertiary/aromatic N) is 4. The van der Waals surface area contributed by atoms with E-state index >= 15 is 0 Å². The predicted octanol–water partition coefficient (Wildman–Crippen LogP) is 3.97. The smallest absolute Gasteiger partial charge is 0.337 e. The van der Waals surface area contributed by atoms with Gasteiger partial charge in [-0.2, -0.15) is 0 Å². The van der Waals surface area contributed by atoms with Gasteiger partial charge >= 0.3 is 5.97 Å². The number of likely N-dealkylation sites (tertiary alicyclic amines) is 1. The van der Waals surface area contributed by atoms with E-state index in [1.165, 1.54) is 37.7 Å². The van der Waals surface area contributed by atoms with Gasteiger partial charge in [0.25, 0.3) is 0 Å². The standard InChI is InChI=1S/C21H24N4O2/c1-3-25-19(23-18-12-17(21(26)27)13-22-20(18)25)16-8-6-15(7-9-16)14(2)24-10-4-5-11-24/h6-9,12-14H,3-5,10-11H2,1-2H3,(H,26,27)/t14-/m1/s1. The minimum absolute atomic E-state index is 0.157. The van der Waals surface area contributed by atoms with E-state index < -0.39 is 5.97 Å². The molecular weight excluding hydrogens is 340 g/mol. The van der Waals surface area contributed by atoms with Gasteiger partial charge in [0.15, 0.2) is 5.65 Å². The monoisotopic (exact) mass is 364 g/mol. The number of rotatable bonds is 5. The molecule has 0 saturated carbocycles. The highest BCUT2D eigenvalue weighted by molar-refractivity contribution is 5.91. The van der Waals surface area contributed by atoms with Gasteiger partial charge in [-0.1, -0.05) is 24.3 Å². The summed E-state index contributed by atoms with van der Waals surface area (Å²) in [5.74, 6) is -0.167. The number of hydrogen-bond acceptors (Lipinski definition) is 4. The van der Waals surface area contributed by atoms with E-state index in [1.54, 1.807) is 6.07 Å². The fourth-order valence-corrected chi connectivity index (χ4v) is 3.90. The van der Waals surface area contributed by atoms with Crippen molar-refractivity contribution < 1.29 is 9.90 Å². The van der Waals surface area contributed by atoms with Crippen molar-refractivity contribution in [3.63, 3.8) is 0 Å². The quantitative estimate of drug-likeness (QED) is 0.742.